The van der Waals surface area contributed by atoms with Gasteiger partial charge in [-0.1, -0.05) is 18.2 Å². The Labute approximate surface area is 164 Å². The molecule has 7 heteroatoms. The molecule has 1 saturated heterocycles. The molecule has 0 bridgehead atoms. The quantitative estimate of drug-likeness (QED) is 0.757. The molecule has 0 radical (unpaired) electrons. The van der Waals surface area contributed by atoms with Crippen molar-refractivity contribution in [2.75, 3.05) is 36.4 Å². The van der Waals surface area contributed by atoms with Crippen molar-refractivity contribution >= 4 is 23.4 Å². The first-order chi connectivity index (χ1) is 13.7. The number of carbonyl (C=O) groups excluding carboxylic acids is 1. The summed E-state index contributed by atoms with van der Waals surface area (Å²) >= 11 is 0. The Kier molecular flexibility index (Phi) is 5.14. The van der Waals surface area contributed by atoms with E-state index in [0.29, 0.717) is 24.6 Å². The van der Waals surface area contributed by atoms with Crippen LogP contribution in [0.2, 0.25) is 0 Å². The highest BCUT2D eigenvalue weighted by atomic mass is 16.2. The van der Waals surface area contributed by atoms with Crippen LogP contribution in [0.1, 0.15) is 15.9 Å². The summed E-state index contributed by atoms with van der Waals surface area (Å²) in [5.41, 5.74) is 2.58. The SMILES string of the molecule is Cc1cccc(Nc2ncc(C(=O)N3CCN(c4ccccn4)CC3)cn2)c1. The Morgan fingerprint density at radius 1 is 0.964 bits per heavy atom. The van der Waals surface area contributed by atoms with Gasteiger partial charge in [0.05, 0.1) is 5.56 Å². The molecule has 3 aromatic rings. The second kappa shape index (κ2) is 8.04. The predicted molar refractivity (Wildman–Crippen MR) is 109 cm³/mol. The number of pyridine rings is 1. The molecule has 1 aromatic carbocycles. The van der Waals surface area contributed by atoms with Gasteiger partial charge >= 0.3 is 0 Å². The van der Waals surface area contributed by atoms with Gasteiger partial charge in [0.25, 0.3) is 5.91 Å². The van der Waals surface area contributed by atoms with Crippen molar-refractivity contribution in [2.24, 2.45) is 0 Å². The maximum absolute atomic E-state index is 12.7. The van der Waals surface area contributed by atoms with Crippen molar-refractivity contribution in [3.8, 4) is 0 Å². The summed E-state index contributed by atoms with van der Waals surface area (Å²) in [5, 5.41) is 3.15. The van der Waals surface area contributed by atoms with Gasteiger partial charge in [-0.2, -0.15) is 0 Å². The zero-order valence-corrected chi connectivity index (χ0v) is 15.7. The lowest BCUT2D eigenvalue weighted by molar-refractivity contribution is 0.0745. The third kappa shape index (κ3) is 4.09. The highest BCUT2D eigenvalue weighted by Crippen LogP contribution is 2.16. The average Bonchev–Trinajstić information content (AvgIpc) is 2.75. The minimum absolute atomic E-state index is 0.0391. The number of aromatic nitrogens is 3. The molecule has 0 unspecified atom stereocenters. The molecule has 4 rings (SSSR count). The molecule has 1 N–H and O–H groups in total. The lowest BCUT2D eigenvalue weighted by atomic mass is 10.2. The minimum atomic E-state index is -0.0391. The first-order valence-electron chi connectivity index (χ1n) is 9.30. The minimum Gasteiger partial charge on any atom is -0.353 e. The van der Waals surface area contributed by atoms with Crippen LogP contribution in [0.3, 0.4) is 0 Å². The fourth-order valence-electron chi connectivity index (χ4n) is 3.22. The highest BCUT2D eigenvalue weighted by molar-refractivity contribution is 5.93. The number of nitrogens with zero attached hydrogens (tertiary/aromatic N) is 5. The van der Waals surface area contributed by atoms with Crippen molar-refractivity contribution in [3.63, 3.8) is 0 Å². The van der Waals surface area contributed by atoms with Crippen LogP contribution in [0.5, 0.6) is 0 Å². The molecular formula is C21H22N6O. The van der Waals surface area contributed by atoms with E-state index in [2.05, 4.69) is 25.2 Å². The third-order valence-electron chi connectivity index (χ3n) is 4.71. The fourth-order valence-corrected chi connectivity index (χ4v) is 3.22. The average molecular weight is 374 g/mol. The standard InChI is InChI=1S/C21H22N6O/c1-16-5-4-6-18(13-16)25-21-23-14-17(15-24-21)20(28)27-11-9-26(10-12-27)19-7-2-3-8-22-19/h2-8,13-15H,9-12H2,1H3,(H,23,24,25). The van der Waals surface area contributed by atoms with E-state index in [1.807, 2.05) is 54.3 Å². The predicted octanol–water partition coefficient (Wildman–Crippen LogP) is 2.89. The van der Waals surface area contributed by atoms with E-state index < -0.39 is 0 Å². The van der Waals surface area contributed by atoms with Crippen LogP contribution in [0.15, 0.2) is 61.1 Å². The van der Waals surface area contributed by atoms with E-state index in [1.165, 1.54) is 0 Å². The van der Waals surface area contributed by atoms with Crippen molar-refractivity contribution in [3.05, 3.63) is 72.2 Å². The van der Waals surface area contributed by atoms with E-state index in [1.54, 1.807) is 18.6 Å². The van der Waals surface area contributed by atoms with Crippen molar-refractivity contribution in [1.82, 2.24) is 19.9 Å². The first-order valence-corrected chi connectivity index (χ1v) is 9.30. The van der Waals surface area contributed by atoms with Gasteiger partial charge in [0, 0.05) is 50.5 Å². The zero-order valence-electron chi connectivity index (χ0n) is 15.7. The number of aryl methyl sites for hydroxylation is 1. The first kappa shape index (κ1) is 17.9. The van der Waals surface area contributed by atoms with Crippen molar-refractivity contribution in [1.29, 1.82) is 0 Å². The van der Waals surface area contributed by atoms with Crippen LogP contribution < -0.4 is 10.2 Å². The number of nitrogens with one attached hydrogen (secondary N) is 1. The van der Waals surface area contributed by atoms with Gasteiger partial charge < -0.3 is 15.1 Å². The number of hydrogen-bond acceptors (Lipinski definition) is 6. The number of carbonyl (C=O) groups is 1. The van der Waals surface area contributed by atoms with Crippen LogP contribution in [-0.4, -0.2) is 51.9 Å². The van der Waals surface area contributed by atoms with E-state index in [4.69, 9.17) is 0 Å². The van der Waals surface area contributed by atoms with Crippen LogP contribution in [0.4, 0.5) is 17.5 Å². The number of amides is 1. The number of benzene rings is 1. The monoisotopic (exact) mass is 374 g/mol. The molecular weight excluding hydrogens is 352 g/mol. The van der Waals surface area contributed by atoms with Gasteiger partial charge in [-0.3, -0.25) is 4.79 Å². The summed E-state index contributed by atoms with van der Waals surface area (Å²) in [5.74, 6) is 1.38. The van der Waals surface area contributed by atoms with E-state index >= 15 is 0 Å². The topological polar surface area (TPSA) is 74.2 Å². The maximum Gasteiger partial charge on any atom is 0.257 e. The molecule has 0 spiro atoms. The number of anilines is 3. The molecule has 1 aliphatic heterocycles. The lowest BCUT2D eigenvalue weighted by Gasteiger charge is -2.35. The summed E-state index contributed by atoms with van der Waals surface area (Å²) in [4.78, 5) is 29.7. The molecule has 2 aromatic heterocycles. The maximum atomic E-state index is 12.7. The van der Waals surface area contributed by atoms with Gasteiger partial charge in [0.2, 0.25) is 5.95 Å². The normalized spacial score (nSPS) is 14.0. The van der Waals surface area contributed by atoms with Gasteiger partial charge in [0.1, 0.15) is 5.82 Å². The Balaban J connectivity index is 1.36. The van der Waals surface area contributed by atoms with Crippen molar-refractivity contribution in [2.45, 2.75) is 6.92 Å². The summed E-state index contributed by atoms with van der Waals surface area (Å²) in [6, 6.07) is 13.8. The second-order valence-corrected chi connectivity index (χ2v) is 6.76. The molecule has 142 valence electrons. The van der Waals surface area contributed by atoms with Crippen LogP contribution >= 0.6 is 0 Å². The van der Waals surface area contributed by atoms with E-state index in [9.17, 15) is 4.79 Å². The Morgan fingerprint density at radius 3 is 2.43 bits per heavy atom. The molecule has 0 aliphatic carbocycles. The molecule has 1 aliphatic rings. The van der Waals surface area contributed by atoms with Gasteiger partial charge in [0.15, 0.2) is 0 Å². The summed E-state index contributed by atoms with van der Waals surface area (Å²) < 4.78 is 0. The second-order valence-electron chi connectivity index (χ2n) is 6.76. The number of rotatable bonds is 4. The number of piperazine rings is 1. The number of hydrogen-bond donors (Lipinski definition) is 1. The lowest BCUT2D eigenvalue weighted by Crippen LogP contribution is -2.49. The Morgan fingerprint density at radius 2 is 1.75 bits per heavy atom. The smallest absolute Gasteiger partial charge is 0.257 e. The highest BCUT2D eigenvalue weighted by Gasteiger charge is 2.23. The van der Waals surface area contributed by atoms with E-state index in [0.717, 1.165) is 30.2 Å². The van der Waals surface area contributed by atoms with Crippen molar-refractivity contribution < 1.29 is 4.79 Å². The van der Waals surface area contributed by atoms with Crippen LogP contribution in [0, 0.1) is 6.92 Å². The molecule has 28 heavy (non-hydrogen) atoms. The third-order valence-corrected chi connectivity index (χ3v) is 4.71. The largest absolute Gasteiger partial charge is 0.353 e. The summed E-state index contributed by atoms with van der Waals surface area (Å²) in [6.07, 6.45) is 4.95. The zero-order chi connectivity index (χ0) is 19.3. The molecule has 3 heterocycles. The van der Waals surface area contributed by atoms with Crippen LogP contribution in [0.25, 0.3) is 0 Å². The Bertz CT molecular complexity index is 937. The molecule has 7 nitrogen and oxygen atoms in total. The van der Waals surface area contributed by atoms with Crippen LogP contribution in [-0.2, 0) is 0 Å². The van der Waals surface area contributed by atoms with Gasteiger partial charge in [-0.15, -0.1) is 0 Å². The Hall–Kier alpha value is -3.48. The molecule has 1 amide bonds. The molecule has 0 saturated carbocycles. The summed E-state index contributed by atoms with van der Waals surface area (Å²) in [6.45, 7) is 4.85. The molecule has 1 fully saturated rings. The summed E-state index contributed by atoms with van der Waals surface area (Å²) in [7, 11) is 0. The molecule has 0 atom stereocenters. The van der Waals surface area contributed by atoms with Gasteiger partial charge in [-0.25, -0.2) is 15.0 Å². The van der Waals surface area contributed by atoms with Gasteiger partial charge in [-0.05, 0) is 36.8 Å². The van der Waals surface area contributed by atoms with E-state index in [-0.39, 0.29) is 5.91 Å². The fraction of sp³-hybridized carbons (Fsp3) is 0.238.